The number of aromatic nitrogens is 1. The summed E-state index contributed by atoms with van der Waals surface area (Å²) in [6, 6.07) is 2.03. The van der Waals surface area contributed by atoms with E-state index in [1.165, 1.54) is 12.8 Å². The first-order valence-electron chi connectivity index (χ1n) is 5.98. The second-order valence-corrected chi connectivity index (χ2v) is 5.41. The van der Waals surface area contributed by atoms with Gasteiger partial charge in [-0.05, 0) is 44.2 Å². The molecule has 0 aromatic carbocycles. The lowest BCUT2D eigenvalue weighted by Crippen LogP contribution is -2.26. The number of thiocarbonyl (C=S) groups is 1. The molecule has 0 saturated heterocycles. The van der Waals surface area contributed by atoms with Gasteiger partial charge in [-0.3, -0.25) is 0 Å². The number of pyridine rings is 1. The van der Waals surface area contributed by atoms with E-state index in [-0.39, 0.29) is 0 Å². The van der Waals surface area contributed by atoms with E-state index < -0.39 is 0 Å². The normalized spacial score (nSPS) is 14.8. The molecule has 92 valence electrons. The second-order valence-electron chi connectivity index (χ2n) is 4.97. The Morgan fingerprint density at radius 1 is 1.53 bits per heavy atom. The number of rotatable bonds is 4. The van der Waals surface area contributed by atoms with Crippen molar-refractivity contribution in [3.63, 3.8) is 0 Å². The van der Waals surface area contributed by atoms with E-state index in [1.807, 2.05) is 19.9 Å². The van der Waals surface area contributed by atoms with Crippen LogP contribution in [0.25, 0.3) is 0 Å². The number of nitrogens with zero attached hydrogens (tertiary/aromatic N) is 2. The summed E-state index contributed by atoms with van der Waals surface area (Å²) >= 11 is 5.14. The molecule has 1 saturated carbocycles. The Kier molecular flexibility index (Phi) is 3.33. The van der Waals surface area contributed by atoms with E-state index >= 15 is 0 Å². The molecule has 0 amide bonds. The van der Waals surface area contributed by atoms with Crippen LogP contribution in [0, 0.1) is 19.8 Å². The summed E-state index contributed by atoms with van der Waals surface area (Å²) in [6.07, 6.45) is 2.66. The SMILES string of the molecule is Cc1cc(C)c(C(N)=S)c(N(C)CC2CC2)n1. The van der Waals surface area contributed by atoms with E-state index in [2.05, 4.69) is 16.9 Å². The molecule has 17 heavy (non-hydrogen) atoms. The Morgan fingerprint density at radius 3 is 2.71 bits per heavy atom. The quantitative estimate of drug-likeness (QED) is 0.831. The van der Waals surface area contributed by atoms with Crippen LogP contribution in [0.15, 0.2) is 6.07 Å². The van der Waals surface area contributed by atoms with E-state index in [0.29, 0.717) is 4.99 Å². The predicted octanol–water partition coefficient (Wildman–Crippen LogP) is 2.18. The van der Waals surface area contributed by atoms with Crippen LogP contribution in [0.4, 0.5) is 5.82 Å². The Hall–Kier alpha value is -1.16. The number of anilines is 1. The molecule has 0 radical (unpaired) electrons. The molecule has 1 aliphatic carbocycles. The highest BCUT2D eigenvalue weighted by Gasteiger charge is 2.25. The van der Waals surface area contributed by atoms with Gasteiger partial charge in [-0.1, -0.05) is 12.2 Å². The van der Waals surface area contributed by atoms with Gasteiger partial charge in [0.15, 0.2) is 0 Å². The molecule has 2 N–H and O–H groups in total. The summed E-state index contributed by atoms with van der Waals surface area (Å²) in [4.78, 5) is 7.22. The van der Waals surface area contributed by atoms with Gasteiger partial charge in [0.05, 0.1) is 5.56 Å². The molecule has 4 heteroatoms. The third kappa shape index (κ3) is 2.75. The van der Waals surface area contributed by atoms with Crippen LogP contribution in [-0.4, -0.2) is 23.6 Å². The third-order valence-corrected chi connectivity index (χ3v) is 3.37. The van der Waals surface area contributed by atoms with Crippen molar-refractivity contribution < 1.29 is 0 Å². The van der Waals surface area contributed by atoms with Crippen molar-refractivity contribution in [1.29, 1.82) is 0 Å². The number of nitrogens with two attached hydrogens (primary N) is 1. The first kappa shape index (κ1) is 12.3. The van der Waals surface area contributed by atoms with Crippen molar-refractivity contribution in [1.82, 2.24) is 4.98 Å². The molecular formula is C13H19N3S. The average molecular weight is 249 g/mol. The highest BCUT2D eigenvalue weighted by molar-refractivity contribution is 7.80. The van der Waals surface area contributed by atoms with E-state index in [1.54, 1.807) is 0 Å². The second kappa shape index (κ2) is 4.61. The fourth-order valence-corrected chi connectivity index (χ4v) is 2.42. The largest absolute Gasteiger partial charge is 0.389 e. The van der Waals surface area contributed by atoms with Gasteiger partial charge in [0, 0.05) is 19.3 Å². The average Bonchev–Trinajstić information content (AvgIpc) is 2.99. The fourth-order valence-electron chi connectivity index (χ4n) is 2.17. The molecule has 0 atom stereocenters. The minimum Gasteiger partial charge on any atom is -0.389 e. The Balaban J connectivity index is 2.38. The lowest BCUT2D eigenvalue weighted by atomic mass is 10.1. The molecule has 1 fully saturated rings. The lowest BCUT2D eigenvalue weighted by molar-refractivity contribution is 0.774. The van der Waals surface area contributed by atoms with E-state index in [9.17, 15) is 0 Å². The highest BCUT2D eigenvalue weighted by Crippen LogP contribution is 2.31. The van der Waals surface area contributed by atoms with Crippen molar-refractivity contribution in [2.24, 2.45) is 11.7 Å². The van der Waals surface area contributed by atoms with Gasteiger partial charge >= 0.3 is 0 Å². The lowest BCUT2D eigenvalue weighted by Gasteiger charge is -2.22. The van der Waals surface area contributed by atoms with Gasteiger partial charge in [-0.2, -0.15) is 0 Å². The predicted molar refractivity (Wildman–Crippen MR) is 75.6 cm³/mol. The Labute approximate surface area is 108 Å². The molecule has 1 heterocycles. The van der Waals surface area contributed by atoms with Crippen LogP contribution in [-0.2, 0) is 0 Å². The monoisotopic (exact) mass is 249 g/mol. The molecule has 0 bridgehead atoms. The summed E-state index contributed by atoms with van der Waals surface area (Å²) in [6.45, 7) is 5.09. The summed E-state index contributed by atoms with van der Waals surface area (Å²) in [5, 5.41) is 0. The maximum atomic E-state index is 5.81. The summed E-state index contributed by atoms with van der Waals surface area (Å²) < 4.78 is 0. The molecule has 1 aliphatic rings. The van der Waals surface area contributed by atoms with Crippen LogP contribution >= 0.6 is 12.2 Å². The summed E-state index contributed by atoms with van der Waals surface area (Å²) in [5.41, 5.74) is 8.87. The topological polar surface area (TPSA) is 42.1 Å². The van der Waals surface area contributed by atoms with Crippen LogP contribution in [0.5, 0.6) is 0 Å². The summed E-state index contributed by atoms with van der Waals surface area (Å²) in [5.74, 6) is 1.75. The van der Waals surface area contributed by atoms with Gasteiger partial charge < -0.3 is 10.6 Å². The molecule has 1 aromatic heterocycles. The van der Waals surface area contributed by atoms with Crippen molar-refractivity contribution in [3.05, 3.63) is 22.9 Å². The van der Waals surface area contributed by atoms with E-state index in [0.717, 1.165) is 35.1 Å². The van der Waals surface area contributed by atoms with Gasteiger partial charge in [-0.15, -0.1) is 0 Å². The van der Waals surface area contributed by atoms with Gasteiger partial charge in [0.2, 0.25) is 0 Å². The molecule has 1 aromatic rings. The maximum absolute atomic E-state index is 5.81. The van der Waals surface area contributed by atoms with Gasteiger partial charge in [0.25, 0.3) is 0 Å². The number of hydrogen-bond donors (Lipinski definition) is 1. The van der Waals surface area contributed by atoms with Gasteiger partial charge in [-0.25, -0.2) is 4.98 Å². The first-order valence-corrected chi connectivity index (χ1v) is 6.39. The highest BCUT2D eigenvalue weighted by atomic mass is 32.1. The minimum atomic E-state index is 0.438. The van der Waals surface area contributed by atoms with Crippen LogP contribution < -0.4 is 10.6 Å². The first-order chi connectivity index (χ1) is 7.99. The zero-order chi connectivity index (χ0) is 12.6. The van der Waals surface area contributed by atoms with Crippen molar-refractivity contribution in [3.8, 4) is 0 Å². The Morgan fingerprint density at radius 2 is 2.18 bits per heavy atom. The standard InChI is InChI=1S/C13H19N3S/c1-8-6-9(2)15-13(11(8)12(14)17)16(3)7-10-4-5-10/h6,10H,4-5,7H2,1-3H3,(H2,14,17). The van der Waals surface area contributed by atoms with Crippen molar-refractivity contribution >= 4 is 23.0 Å². The minimum absolute atomic E-state index is 0.438. The fraction of sp³-hybridized carbons (Fsp3) is 0.538. The molecule has 2 rings (SSSR count). The molecule has 3 nitrogen and oxygen atoms in total. The van der Waals surface area contributed by atoms with E-state index in [4.69, 9.17) is 18.0 Å². The number of hydrogen-bond acceptors (Lipinski definition) is 3. The molecule has 0 spiro atoms. The summed E-state index contributed by atoms with van der Waals surface area (Å²) in [7, 11) is 2.07. The smallest absolute Gasteiger partial charge is 0.139 e. The molecule has 0 aliphatic heterocycles. The maximum Gasteiger partial charge on any atom is 0.139 e. The van der Waals surface area contributed by atoms with Gasteiger partial charge in [0.1, 0.15) is 10.8 Å². The Bertz CT molecular complexity index is 452. The zero-order valence-electron chi connectivity index (χ0n) is 10.7. The third-order valence-electron chi connectivity index (χ3n) is 3.16. The number of aryl methyl sites for hydroxylation is 2. The molecule has 0 unspecified atom stereocenters. The van der Waals surface area contributed by atoms with Crippen LogP contribution in [0.2, 0.25) is 0 Å². The van der Waals surface area contributed by atoms with Crippen molar-refractivity contribution in [2.45, 2.75) is 26.7 Å². The van der Waals surface area contributed by atoms with Crippen molar-refractivity contribution in [2.75, 3.05) is 18.5 Å². The van der Waals surface area contributed by atoms with Crippen LogP contribution in [0.3, 0.4) is 0 Å². The van der Waals surface area contributed by atoms with Crippen LogP contribution in [0.1, 0.15) is 29.7 Å². The zero-order valence-corrected chi connectivity index (χ0v) is 11.5. The molecular weight excluding hydrogens is 230 g/mol.